The number of benzene rings is 1. The molecule has 2 aromatic rings. The number of nitrogens with one attached hydrogen (secondary N) is 1. The van der Waals surface area contributed by atoms with Crippen molar-refractivity contribution in [3.8, 4) is 0 Å². The number of nitrogens with zero attached hydrogens (tertiary/aromatic N) is 2. The van der Waals surface area contributed by atoms with Gasteiger partial charge in [-0.25, -0.2) is 4.99 Å². The van der Waals surface area contributed by atoms with Gasteiger partial charge in [0.15, 0.2) is 5.84 Å². The number of rotatable bonds is 1. The third kappa shape index (κ3) is 1.67. The largest absolute Gasteiger partial charge is 0.308 e. The molecule has 78 valence electrons. The lowest BCUT2D eigenvalue weighted by atomic mass is 10.3. The van der Waals surface area contributed by atoms with E-state index in [0.29, 0.717) is 0 Å². The van der Waals surface area contributed by atoms with Crippen LogP contribution < -0.4 is 4.72 Å². The Labute approximate surface area is 97.8 Å². The van der Waals surface area contributed by atoms with Gasteiger partial charge in [0.1, 0.15) is 5.69 Å². The van der Waals surface area contributed by atoms with Crippen molar-refractivity contribution in [1.29, 1.82) is 0 Å². The Morgan fingerprint density at radius 2 is 1.88 bits per heavy atom. The first-order valence-corrected chi connectivity index (χ1v) is 5.77. The molecule has 1 aromatic heterocycles. The van der Waals surface area contributed by atoms with Gasteiger partial charge in [-0.15, -0.1) is 0 Å². The minimum Gasteiger partial charge on any atom is -0.308 e. The monoisotopic (exact) mass is 227 g/mol. The topological polar surface area (TPSA) is 37.3 Å². The van der Waals surface area contributed by atoms with Crippen molar-refractivity contribution >= 4 is 23.5 Å². The SMILES string of the molecule is c1ccc(C2=Nc3ccccc3SN2)nc1. The van der Waals surface area contributed by atoms with Crippen LogP contribution in [0.25, 0.3) is 0 Å². The minimum atomic E-state index is 0.810. The van der Waals surface area contributed by atoms with E-state index in [9.17, 15) is 0 Å². The Hall–Kier alpha value is -1.81. The molecule has 0 aliphatic carbocycles. The molecule has 2 heterocycles. The second-order valence-corrected chi connectivity index (χ2v) is 4.20. The van der Waals surface area contributed by atoms with Gasteiger partial charge in [-0.2, -0.15) is 0 Å². The van der Waals surface area contributed by atoms with E-state index in [1.165, 1.54) is 0 Å². The summed E-state index contributed by atoms with van der Waals surface area (Å²) < 4.78 is 3.20. The van der Waals surface area contributed by atoms with Gasteiger partial charge in [0.05, 0.1) is 10.6 Å². The summed E-state index contributed by atoms with van der Waals surface area (Å²) >= 11 is 1.57. The lowest BCUT2D eigenvalue weighted by molar-refractivity contribution is 1.22. The predicted molar refractivity (Wildman–Crippen MR) is 65.9 cm³/mol. The predicted octanol–water partition coefficient (Wildman–Crippen LogP) is 2.77. The first kappa shape index (κ1) is 9.42. The minimum absolute atomic E-state index is 0.810. The van der Waals surface area contributed by atoms with Gasteiger partial charge in [0, 0.05) is 6.20 Å². The van der Waals surface area contributed by atoms with Crippen molar-refractivity contribution in [1.82, 2.24) is 9.71 Å². The third-order valence-electron chi connectivity index (χ3n) is 2.26. The van der Waals surface area contributed by atoms with Crippen LogP contribution in [-0.4, -0.2) is 10.8 Å². The second kappa shape index (κ2) is 3.98. The average Bonchev–Trinajstić information content (AvgIpc) is 2.39. The van der Waals surface area contributed by atoms with E-state index in [2.05, 4.69) is 14.7 Å². The number of para-hydroxylation sites is 1. The van der Waals surface area contributed by atoms with E-state index < -0.39 is 0 Å². The second-order valence-electron chi connectivity index (χ2n) is 3.35. The van der Waals surface area contributed by atoms with Crippen LogP contribution in [0.15, 0.2) is 58.5 Å². The fraction of sp³-hybridized carbons (Fsp3) is 0. The summed E-state index contributed by atoms with van der Waals surface area (Å²) in [6.45, 7) is 0. The molecule has 1 aliphatic heterocycles. The molecule has 0 saturated carbocycles. The van der Waals surface area contributed by atoms with Gasteiger partial charge in [0.25, 0.3) is 0 Å². The van der Waals surface area contributed by atoms with Crippen LogP contribution in [-0.2, 0) is 0 Å². The molecule has 0 saturated heterocycles. The van der Waals surface area contributed by atoms with Gasteiger partial charge >= 0.3 is 0 Å². The highest BCUT2D eigenvalue weighted by Crippen LogP contribution is 2.31. The molecule has 3 nitrogen and oxygen atoms in total. The van der Waals surface area contributed by atoms with Crippen LogP contribution in [0, 0.1) is 0 Å². The number of aromatic nitrogens is 1. The average molecular weight is 227 g/mol. The molecule has 0 spiro atoms. The van der Waals surface area contributed by atoms with Crippen LogP contribution >= 0.6 is 11.9 Å². The van der Waals surface area contributed by atoms with Crippen LogP contribution in [0.3, 0.4) is 0 Å². The van der Waals surface area contributed by atoms with Crippen molar-refractivity contribution in [2.24, 2.45) is 4.99 Å². The number of hydrogen-bond donors (Lipinski definition) is 1. The Bertz CT molecular complexity index is 537. The number of amidine groups is 1. The summed E-state index contributed by atoms with van der Waals surface area (Å²) in [6.07, 6.45) is 1.77. The molecule has 0 bridgehead atoms. The highest BCUT2D eigenvalue weighted by atomic mass is 32.2. The Morgan fingerprint density at radius 3 is 2.75 bits per heavy atom. The van der Waals surface area contributed by atoms with Crippen molar-refractivity contribution in [3.05, 3.63) is 54.4 Å². The Balaban J connectivity index is 2.04. The fourth-order valence-corrected chi connectivity index (χ4v) is 2.22. The Morgan fingerprint density at radius 1 is 1.00 bits per heavy atom. The molecule has 0 atom stereocenters. The van der Waals surface area contributed by atoms with Gasteiger partial charge in [0.2, 0.25) is 0 Å². The molecule has 1 N–H and O–H groups in total. The molecule has 1 aliphatic rings. The van der Waals surface area contributed by atoms with Crippen LogP contribution in [0.5, 0.6) is 0 Å². The molecule has 1 aromatic carbocycles. The zero-order chi connectivity index (χ0) is 10.8. The van der Waals surface area contributed by atoms with Crippen molar-refractivity contribution in [3.63, 3.8) is 0 Å². The van der Waals surface area contributed by atoms with Crippen molar-refractivity contribution in [2.45, 2.75) is 4.90 Å². The highest BCUT2D eigenvalue weighted by molar-refractivity contribution is 7.98. The highest BCUT2D eigenvalue weighted by Gasteiger charge is 2.13. The van der Waals surface area contributed by atoms with Crippen LogP contribution in [0.1, 0.15) is 5.69 Å². The number of aliphatic imine (C=N–C) groups is 1. The van der Waals surface area contributed by atoms with Crippen LogP contribution in [0.4, 0.5) is 5.69 Å². The van der Waals surface area contributed by atoms with E-state index in [0.717, 1.165) is 22.1 Å². The fourth-order valence-electron chi connectivity index (χ4n) is 1.49. The maximum Gasteiger partial charge on any atom is 0.162 e. The van der Waals surface area contributed by atoms with Gasteiger partial charge in [-0.05, 0) is 36.2 Å². The molecule has 0 unspecified atom stereocenters. The maximum absolute atomic E-state index is 4.54. The third-order valence-corrected chi connectivity index (χ3v) is 3.12. The summed E-state index contributed by atoms with van der Waals surface area (Å²) in [7, 11) is 0. The molecular weight excluding hydrogens is 218 g/mol. The molecule has 3 rings (SSSR count). The normalized spacial score (nSPS) is 13.6. The number of fused-ring (bicyclic) bond motifs is 1. The van der Waals surface area contributed by atoms with E-state index in [1.807, 2.05) is 42.5 Å². The first-order chi connectivity index (χ1) is 7.93. The maximum atomic E-state index is 4.54. The standard InChI is InChI=1S/C12H9N3S/c1-2-7-11-9(5-1)14-12(15-16-11)10-6-3-4-8-13-10/h1-8H,(H,14,15). The van der Waals surface area contributed by atoms with E-state index >= 15 is 0 Å². The van der Waals surface area contributed by atoms with E-state index in [1.54, 1.807) is 18.1 Å². The van der Waals surface area contributed by atoms with Crippen molar-refractivity contribution < 1.29 is 0 Å². The van der Waals surface area contributed by atoms with E-state index in [4.69, 9.17) is 0 Å². The first-order valence-electron chi connectivity index (χ1n) is 4.95. The Kier molecular flexibility index (Phi) is 2.34. The van der Waals surface area contributed by atoms with Gasteiger partial charge in [-0.3, -0.25) is 4.98 Å². The van der Waals surface area contributed by atoms with Gasteiger partial charge < -0.3 is 4.72 Å². The number of pyridine rings is 1. The summed E-state index contributed by atoms with van der Waals surface area (Å²) in [5.74, 6) is 0.810. The van der Waals surface area contributed by atoms with Crippen molar-refractivity contribution in [2.75, 3.05) is 0 Å². The van der Waals surface area contributed by atoms with Gasteiger partial charge in [-0.1, -0.05) is 18.2 Å². The molecule has 0 radical (unpaired) electrons. The summed E-state index contributed by atoms with van der Waals surface area (Å²) in [6, 6.07) is 13.9. The molecule has 0 fully saturated rings. The smallest absolute Gasteiger partial charge is 0.162 e. The molecule has 4 heteroatoms. The lowest BCUT2D eigenvalue weighted by Crippen LogP contribution is -2.20. The molecule has 16 heavy (non-hydrogen) atoms. The van der Waals surface area contributed by atoms with E-state index in [-0.39, 0.29) is 0 Å². The summed E-state index contributed by atoms with van der Waals surface area (Å²) in [5, 5.41) is 0. The zero-order valence-electron chi connectivity index (χ0n) is 8.42. The quantitative estimate of drug-likeness (QED) is 0.761. The molecular formula is C12H9N3S. The number of hydrogen-bond acceptors (Lipinski definition) is 4. The lowest BCUT2D eigenvalue weighted by Gasteiger charge is -2.15. The molecule has 0 amide bonds. The summed E-state index contributed by atoms with van der Waals surface area (Å²) in [4.78, 5) is 9.95. The summed E-state index contributed by atoms with van der Waals surface area (Å²) in [5.41, 5.74) is 1.86. The zero-order valence-corrected chi connectivity index (χ0v) is 9.24. The van der Waals surface area contributed by atoms with Crippen LogP contribution in [0.2, 0.25) is 0 Å².